The molecule has 1 saturated heterocycles. The van der Waals surface area contributed by atoms with Gasteiger partial charge in [-0.05, 0) is 6.07 Å². The number of morpholine rings is 1. The van der Waals surface area contributed by atoms with Crippen molar-refractivity contribution < 1.29 is 4.74 Å². The van der Waals surface area contributed by atoms with Crippen LogP contribution in [0.2, 0.25) is 0 Å². The van der Waals surface area contributed by atoms with Gasteiger partial charge in [-0.3, -0.25) is 0 Å². The van der Waals surface area contributed by atoms with E-state index in [9.17, 15) is 0 Å². The SMILES string of the molecule is BrCC1COCCN1c1cnnc2ccccc12. The summed E-state index contributed by atoms with van der Waals surface area (Å²) in [6.07, 6.45) is 1.85. The minimum atomic E-state index is 0.353. The summed E-state index contributed by atoms with van der Waals surface area (Å²) < 4.78 is 5.53. The zero-order valence-corrected chi connectivity index (χ0v) is 11.5. The summed E-state index contributed by atoms with van der Waals surface area (Å²) in [4.78, 5) is 2.36. The third-order valence-electron chi connectivity index (χ3n) is 3.24. The summed E-state index contributed by atoms with van der Waals surface area (Å²) in [7, 11) is 0. The Bertz CT molecular complexity index is 543. The molecule has 1 aliphatic heterocycles. The number of anilines is 1. The molecule has 0 amide bonds. The van der Waals surface area contributed by atoms with Gasteiger partial charge in [-0.15, -0.1) is 0 Å². The summed E-state index contributed by atoms with van der Waals surface area (Å²) >= 11 is 3.55. The van der Waals surface area contributed by atoms with Crippen LogP contribution in [0.15, 0.2) is 30.5 Å². The number of fused-ring (bicyclic) bond motifs is 1. The molecular weight excluding hydrogens is 294 g/mol. The molecule has 1 aromatic heterocycles. The van der Waals surface area contributed by atoms with Crippen LogP contribution in [0.1, 0.15) is 0 Å². The van der Waals surface area contributed by atoms with Gasteiger partial charge in [0, 0.05) is 17.3 Å². The molecule has 94 valence electrons. The highest BCUT2D eigenvalue weighted by Gasteiger charge is 2.23. The second-order valence-electron chi connectivity index (χ2n) is 4.32. The highest BCUT2D eigenvalue weighted by atomic mass is 79.9. The molecule has 0 aliphatic carbocycles. The maximum Gasteiger partial charge on any atom is 0.0950 e. The Morgan fingerprint density at radius 3 is 3.17 bits per heavy atom. The first kappa shape index (κ1) is 11.9. The number of halogens is 1. The first-order valence-corrected chi connectivity index (χ1v) is 7.13. The Morgan fingerprint density at radius 1 is 1.39 bits per heavy atom. The van der Waals surface area contributed by atoms with Crippen molar-refractivity contribution in [3.8, 4) is 0 Å². The van der Waals surface area contributed by atoms with Crippen LogP contribution in [-0.2, 0) is 4.74 Å². The molecule has 0 radical (unpaired) electrons. The van der Waals surface area contributed by atoms with Crippen LogP contribution in [0.3, 0.4) is 0 Å². The number of hydrogen-bond acceptors (Lipinski definition) is 4. The molecule has 1 atom stereocenters. The number of aromatic nitrogens is 2. The van der Waals surface area contributed by atoms with Gasteiger partial charge in [-0.25, -0.2) is 0 Å². The first-order valence-electron chi connectivity index (χ1n) is 6.01. The minimum absolute atomic E-state index is 0.353. The molecule has 2 heterocycles. The van der Waals surface area contributed by atoms with Crippen LogP contribution in [0, 0.1) is 0 Å². The second kappa shape index (κ2) is 5.20. The molecule has 1 unspecified atom stereocenters. The molecular formula is C13H14BrN3O. The van der Waals surface area contributed by atoms with Gasteiger partial charge in [0.2, 0.25) is 0 Å². The van der Waals surface area contributed by atoms with Crippen molar-refractivity contribution >= 4 is 32.5 Å². The van der Waals surface area contributed by atoms with Gasteiger partial charge < -0.3 is 9.64 Å². The largest absolute Gasteiger partial charge is 0.377 e. The van der Waals surface area contributed by atoms with E-state index in [0.717, 1.165) is 41.7 Å². The fourth-order valence-electron chi connectivity index (χ4n) is 2.32. The lowest BCUT2D eigenvalue weighted by molar-refractivity contribution is 0.101. The van der Waals surface area contributed by atoms with Gasteiger partial charge in [0.15, 0.2) is 0 Å². The van der Waals surface area contributed by atoms with Crippen molar-refractivity contribution in [2.45, 2.75) is 6.04 Å². The van der Waals surface area contributed by atoms with Gasteiger partial charge in [-0.1, -0.05) is 34.1 Å². The number of nitrogens with zero attached hydrogens (tertiary/aromatic N) is 3. The summed E-state index contributed by atoms with van der Waals surface area (Å²) in [5, 5.41) is 10.3. The number of hydrogen-bond donors (Lipinski definition) is 0. The molecule has 0 bridgehead atoms. The lowest BCUT2D eigenvalue weighted by Gasteiger charge is -2.36. The zero-order valence-electron chi connectivity index (χ0n) is 9.92. The zero-order chi connectivity index (χ0) is 12.4. The lowest BCUT2D eigenvalue weighted by Crippen LogP contribution is -2.46. The average Bonchev–Trinajstić information content (AvgIpc) is 2.46. The molecule has 0 saturated carbocycles. The van der Waals surface area contributed by atoms with Crippen molar-refractivity contribution in [1.29, 1.82) is 0 Å². The second-order valence-corrected chi connectivity index (χ2v) is 4.97. The van der Waals surface area contributed by atoms with Crippen LogP contribution >= 0.6 is 15.9 Å². The molecule has 3 rings (SSSR count). The van der Waals surface area contributed by atoms with Crippen LogP contribution < -0.4 is 4.90 Å². The maximum atomic E-state index is 5.53. The highest BCUT2D eigenvalue weighted by Crippen LogP contribution is 2.27. The number of benzene rings is 1. The molecule has 18 heavy (non-hydrogen) atoms. The van der Waals surface area contributed by atoms with E-state index < -0.39 is 0 Å². The van der Waals surface area contributed by atoms with Gasteiger partial charge in [0.1, 0.15) is 0 Å². The van der Waals surface area contributed by atoms with Gasteiger partial charge >= 0.3 is 0 Å². The van der Waals surface area contributed by atoms with E-state index in [4.69, 9.17) is 4.74 Å². The summed E-state index contributed by atoms with van der Waals surface area (Å²) in [6, 6.07) is 8.47. The van der Waals surface area contributed by atoms with E-state index in [0.29, 0.717) is 6.04 Å². The molecule has 5 heteroatoms. The fourth-order valence-corrected chi connectivity index (χ4v) is 2.86. The smallest absolute Gasteiger partial charge is 0.0950 e. The molecule has 4 nitrogen and oxygen atoms in total. The summed E-state index contributed by atoms with van der Waals surface area (Å²) in [6.45, 7) is 2.41. The Labute approximate surface area is 114 Å². The Balaban J connectivity index is 2.07. The number of ether oxygens (including phenoxy) is 1. The topological polar surface area (TPSA) is 38.2 Å². The predicted molar refractivity (Wildman–Crippen MR) is 75.3 cm³/mol. The van der Waals surface area contributed by atoms with Crippen LogP contribution in [0.5, 0.6) is 0 Å². The first-order chi connectivity index (χ1) is 8.90. The van der Waals surface area contributed by atoms with E-state index in [2.05, 4.69) is 37.1 Å². The van der Waals surface area contributed by atoms with E-state index in [1.54, 1.807) is 0 Å². The quantitative estimate of drug-likeness (QED) is 0.798. The standard InChI is InChI=1S/C13H14BrN3O/c14-7-10-9-18-6-5-17(10)13-8-15-16-12-4-2-1-3-11(12)13/h1-4,8,10H,5-7,9H2. The molecule has 1 aliphatic rings. The minimum Gasteiger partial charge on any atom is -0.377 e. The van der Waals surface area contributed by atoms with Crippen molar-refractivity contribution in [1.82, 2.24) is 10.2 Å². The van der Waals surface area contributed by atoms with E-state index >= 15 is 0 Å². The van der Waals surface area contributed by atoms with Crippen molar-refractivity contribution in [2.24, 2.45) is 0 Å². The predicted octanol–water partition coefficient (Wildman–Crippen LogP) is 2.23. The van der Waals surface area contributed by atoms with Crippen molar-refractivity contribution in [2.75, 3.05) is 30.0 Å². The number of alkyl halides is 1. The van der Waals surface area contributed by atoms with Crippen molar-refractivity contribution in [3.63, 3.8) is 0 Å². The Kier molecular flexibility index (Phi) is 3.43. The van der Waals surface area contributed by atoms with E-state index in [-0.39, 0.29) is 0 Å². The third-order valence-corrected chi connectivity index (χ3v) is 3.99. The van der Waals surface area contributed by atoms with Crippen LogP contribution in [-0.4, -0.2) is 41.3 Å². The van der Waals surface area contributed by atoms with Gasteiger partial charge in [0.05, 0.1) is 36.7 Å². The normalized spacial score (nSPS) is 20.3. The lowest BCUT2D eigenvalue weighted by atomic mass is 10.1. The molecule has 1 fully saturated rings. The van der Waals surface area contributed by atoms with Gasteiger partial charge in [0.25, 0.3) is 0 Å². The van der Waals surface area contributed by atoms with Crippen LogP contribution in [0.25, 0.3) is 10.9 Å². The summed E-state index contributed by atoms with van der Waals surface area (Å²) in [5.74, 6) is 0. The molecule has 1 aromatic carbocycles. The highest BCUT2D eigenvalue weighted by molar-refractivity contribution is 9.09. The fraction of sp³-hybridized carbons (Fsp3) is 0.385. The monoisotopic (exact) mass is 307 g/mol. The molecule has 0 spiro atoms. The molecule has 2 aromatic rings. The van der Waals surface area contributed by atoms with Crippen molar-refractivity contribution in [3.05, 3.63) is 30.5 Å². The van der Waals surface area contributed by atoms with Gasteiger partial charge in [-0.2, -0.15) is 10.2 Å². The van der Waals surface area contributed by atoms with E-state index in [1.165, 1.54) is 0 Å². The summed E-state index contributed by atoms with van der Waals surface area (Å²) in [5.41, 5.74) is 2.09. The Morgan fingerprint density at radius 2 is 2.28 bits per heavy atom. The van der Waals surface area contributed by atoms with Crippen LogP contribution in [0.4, 0.5) is 5.69 Å². The number of rotatable bonds is 2. The van der Waals surface area contributed by atoms with E-state index in [1.807, 2.05) is 24.4 Å². The third kappa shape index (κ3) is 2.08. The average molecular weight is 308 g/mol. The molecule has 0 N–H and O–H groups in total. The Hall–Kier alpha value is -1.20. The maximum absolute atomic E-state index is 5.53.